The van der Waals surface area contributed by atoms with E-state index in [4.69, 9.17) is 0 Å². The van der Waals surface area contributed by atoms with E-state index in [1.165, 1.54) is 10.6 Å². The van der Waals surface area contributed by atoms with Crippen LogP contribution in [0.1, 0.15) is 44.1 Å². The smallest absolute Gasteiger partial charge is 0.270 e. The number of amides is 2. The Morgan fingerprint density at radius 2 is 1.80 bits per heavy atom. The second-order valence-electron chi connectivity index (χ2n) is 8.60. The number of piperidine rings is 1. The number of hydrogen-bond donors (Lipinski definition) is 0. The summed E-state index contributed by atoms with van der Waals surface area (Å²) in [7, 11) is -3.12. The lowest BCUT2D eigenvalue weighted by molar-refractivity contribution is -0.134. The average Bonchev–Trinajstić information content (AvgIpc) is 3.12. The first-order chi connectivity index (χ1) is 14.4. The number of aryl methyl sites for hydroxylation is 1. The molecule has 0 bridgehead atoms. The third-order valence-corrected chi connectivity index (χ3v) is 8.20. The quantitative estimate of drug-likeness (QED) is 0.714. The monoisotopic (exact) mass is 431 g/mol. The van der Waals surface area contributed by atoms with Gasteiger partial charge >= 0.3 is 0 Å². The molecule has 1 aromatic carbocycles. The van der Waals surface area contributed by atoms with Gasteiger partial charge < -0.3 is 4.90 Å². The lowest BCUT2D eigenvalue weighted by Gasteiger charge is -2.34. The molecule has 0 aromatic heterocycles. The van der Waals surface area contributed by atoms with E-state index < -0.39 is 15.9 Å². The Bertz CT molecular complexity index is 921. The Balaban J connectivity index is 1.32. The molecule has 1 aromatic rings. The van der Waals surface area contributed by atoms with E-state index in [1.807, 2.05) is 11.0 Å². The SMILES string of the molecule is O=C(C1=NN(C2CCS(=O)(=O)C2)C(=O)CC1)N1CCC(CCc2ccccc2)CC1. The van der Waals surface area contributed by atoms with Gasteiger partial charge in [-0.15, -0.1) is 0 Å². The van der Waals surface area contributed by atoms with Gasteiger partial charge in [-0.3, -0.25) is 9.59 Å². The fraction of sp³-hybridized carbons (Fsp3) is 0.591. The van der Waals surface area contributed by atoms with Gasteiger partial charge in [0.25, 0.3) is 5.91 Å². The number of hydrazone groups is 1. The highest BCUT2D eigenvalue weighted by Gasteiger charge is 2.38. The van der Waals surface area contributed by atoms with Gasteiger partial charge in [0.15, 0.2) is 9.84 Å². The number of hydrogen-bond acceptors (Lipinski definition) is 5. The number of sulfone groups is 1. The van der Waals surface area contributed by atoms with Gasteiger partial charge in [-0.2, -0.15) is 5.10 Å². The van der Waals surface area contributed by atoms with E-state index >= 15 is 0 Å². The summed E-state index contributed by atoms with van der Waals surface area (Å²) in [6.45, 7) is 1.42. The molecule has 7 nitrogen and oxygen atoms in total. The maximum absolute atomic E-state index is 13.0. The van der Waals surface area contributed by atoms with E-state index in [0.29, 0.717) is 37.6 Å². The number of benzene rings is 1. The van der Waals surface area contributed by atoms with Crippen molar-refractivity contribution in [3.8, 4) is 0 Å². The van der Waals surface area contributed by atoms with E-state index in [9.17, 15) is 18.0 Å². The Labute approximate surface area is 178 Å². The summed E-state index contributed by atoms with van der Waals surface area (Å²) in [6.07, 6.45) is 5.10. The number of rotatable bonds is 5. The van der Waals surface area contributed by atoms with Crippen molar-refractivity contribution in [3.63, 3.8) is 0 Å². The van der Waals surface area contributed by atoms with E-state index in [2.05, 4.69) is 29.4 Å². The van der Waals surface area contributed by atoms with Crippen LogP contribution in [-0.4, -0.2) is 66.5 Å². The van der Waals surface area contributed by atoms with Crippen LogP contribution in [-0.2, 0) is 25.8 Å². The maximum Gasteiger partial charge on any atom is 0.270 e. The number of carbonyl (C=O) groups excluding carboxylic acids is 2. The summed E-state index contributed by atoms with van der Waals surface area (Å²) in [5, 5.41) is 5.60. The standard InChI is InChI=1S/C22H29N3O4S/c26-21-9-8-20(23-25(21)19-12-15-30(28,29)16-19)22(27)24-13-10-18(11-14-24)7-6-17-4-2-1-3-5-17/h1-5,18-19H,6-16H2. The zero-order valence-corrected chi connectivity index (χ0v) is 18.0. The lowest BCUT2D eigenvalue weighted by Crippen LogP contribution is -2.47. The van der Waals surface area contributed by atoms with Gasteiger partial charge in [0.2, 0.25) is 5.91 Å². The van der Waals surface area contributed by atoms with Crippen LogP contribution >= 0.6 is 0 Å². The average molecular weight is 432 g/mol. The van der Waals surface area contributed by atoms with Crippen LogP contribution in [0.5, 0.6) is 0 Å². The third kappa shape index (κ3) is 4.91. The zero-order valence-electron chi connectivity index (χ0n) is 17.2. The predicted octanol–water partition coefficient (Wildman–Crippen LogP) is 2.02. The molecular formula is C22H29N3O4S. The molecule has 2 amide bonds. The predicted molar refractivity (Wildman–Crippen MR) is 115 cm³/mol. The normalized spacial score (nSPS) is 24.7. The van der Waals surface area contributed by atoms with Gasteiger partial charge in [0.1, 0.15) is 5.71 Å². The van der Waals surface area contributed by atoms with Crippen molar-refractivity contribution in [1.29, 1.82) is 0 Å². The molecule has 0 N–H and O–H groups in total. The molecule has 3 aliphatic heterocycles. The molecule has 1 atom stereocenters. The molecule has 0 radical (unpaired) electrons. The minimum absolute atomic E-state index is 0.0590. The summed E-state index contributed by atoms with van der Waals surface area (Å²) in [6, 6.07) is 10.0. The molecule has 0 spiro atoms. The first-order valence-electron chi connectivity index (χ1n) is 10.8. The number of carbonyl (C=O) groups is 2. The molecule has 0 saturated carbocycles. The summed E-state index contributed by atoms with van der Waals surface area (Å²) in [5.74, 6) is 0.347. The van der Waals surface area contributed by atoms with E-state index in [-0.39, 0.29) is 29.7 Å². The van der Waals surface area contributed by atoms with Crippen molar-refractivity contribution in [2.75, 3.05) is 24.6 Å². The van der Waals surface area contributed by atoms with Crippen LogP contribution in [0.3, 0.4) is 0 Å². The topological polar surface area (TPSA) is 87.1 Å². The largest absolute Gasteiger partial charge is 0.338 e. The zero-order chi connectivity index (χ0) is 21.1. The number of likely N-dealkylation sites (tertiary alicyclic amines) is 1. The summed E-state index contributed by atoms with van der Waals surface area (Å²) in [5.41, 5.74) is 1.74. The number of nitrogens with zero attached hydrogens (tertiary/aromatic N) is 3. The Morgan fingerprint density at radius 1 is 1.07 bits per heavy atom. The van der Waals surface area contributed by atoms with Crippen LogP contribution in [0.15, 0.2) is 35.4 Å². The molecule has 3 heterocycles. The Morgan fingerprint density at radius 3 is 2.47 bits per heavy atom. The summed E-state index contributed by atoms with van der Waals surface area (Å²) in [4.78, 5) is 27.1. The van der Waals surface area contributed by atoms with Gasteiger partial charge in [-0.05, 0) is 43.6 Å². The van der Waals surface area contributed by atoms with Gasteiger partial charge in [0, 0.05) is 25.9 Å². The fourth-order valence-corrected chi connectivity index (χ4v) is 6.29. The minimum atomic E-state index is -3.12. The van der Waals surface area contributed by atoms with Crippen molar-refractivity contribution in [1.82, 2.24) is 9.91 Å². The van der Waals surface area contributed by atoms with Crippen molar-refractivity contribution in [3.05, 3.63) is 35.9 Å². The molecule has 30 heavy (non-hydrogen) atoms. The second-order valence-corrected chi connectivity index (χ2v) is 10.8. The molecule has 162 valence electrons. The van der Waals surface area contributed by atoms with E-state index in [1.54, 1.807) is 0 Å². The van der Waals surface area contributed by atoms with Gasteiger partial charge in [0.05, 0.1) is 17.5 Å². The van der Waals surface area contributed by atoms with Crippen molar-refractivity contribution in [2.24, 2.45) is 11.0 Å². The first kappa shape index (κ1) is 21.0. The summed E-state index contributed by atoms with van der Waals surface area (Å²) >= 11 is 0. The Kier molecular flexibility index (Phi) is 6.22. The molecule has 4 rings (SSSR count). The van der Waals surface area contributed by atoms with Crippen molar-refractivity contribution in [2.45, 2.75) is 51.0 Å². The fourth-order valence-electron chi connectivity index (χ4n) is 4.60. The van der Waals surface area contributed by atoms with Gasteiger partial charge in [-0.25, -0.2) is 13.4 Å². The van der Waals surface area contributed by atoms with Crippen LogP contribution in [0.2, 0.25) is 0 Å². The molecule has 8 heteroatoms. The second kappa shape index (κ2) is 8.88. The van der Waals surface area contributed by atoms with Crippen LogP contribution < -0.4 is 0 Å². The molecule has 3 aliphatic rings. The minimum Gasteiger partial charge on any atom is -0.338 e. The highest BCUT2D eigenvalue weighted by molar-refractivity contribution is 7.91. The third-order valence-electron chi connectivity index (χ3n) is 6.45. The molecule has 0 aliphatic carbocycles. The first-order valence-corrected chi connectivity index (χ1v) is 12.7. The lowest BCUT2D eigenvalue weighted by atomic mass is 9.90. The highest BCUT2D eigenvalue weighted by Crippen LogP contribution is 2.25. The maximum atomic E-state index is 13.0. The van der Waals surface area contributed by atoms with Gasteiger partial charge in [-0.1, -0.05) is 30.3 Å². The molecule has 2 fully saturated rings. The summed E-state index contributed by atoms with van der Waals surface area (Å²) < 4.78 is 23.5. The van der Waals surface area contributed by atoms with Crippen LogP contribution in [0, 0.1) is 5.92 Å². The molecule has 2 saturated heterocycles. The van der Waals surface area contributed by atoms with Crippen molar-refractivity contribution < 1.29 is 18.0 Å². The van der Waals surface area contributed by atoms with Crippen LogP contribution in [0.25, 0.3) is 0 Å². The Hall–Kier alpha value is -2.22. The van der Waals surface area contributed by atoms with Crippen LogP contribution in [0.4, 0.5) is 0 Å². The molecular weight excluding hydrogens is 402 g/mol. The van der Waals surface area contributed by atoms with Crippen molar-refractivity contribution >= 4 is 27.4 Å². The highest BCUT2D eigenvalue weighted by atomic mass is 32.2. The van der Waals surface area contributed by atoms with E-state index in [0.717, 1.165) is 25.7 Å². The molecule has 1 unspecified atom stereocenters.